The highest BCUT2D eigenvalue weighted by atomic mass is 35.5. The van der Waals surface area contributed by atoms with Gasteiger partial charge in [-0.1, -0.05) is 25.4 Å². The largest absolute Gasteiger partial charge is 0.484 e. The van der Waals surface area contributed by atoms with E-state index in [9.17, 15) is 0 Å². The minimum atomic E-state index is -0.249. The van der Waals surface area contributed by atoms with Crippen molar-refractivity contribution in [1.82, 2.24) is 5.32 Å². The smallest absolute Gasteiger partial charge is 0.134 e. The Balaban J connectivity index is 2.32. The average Bonchev–Trinajstić information content (AvgIpc) is 2.45. The van der Waals surface area contributed by atoms with E-state index in [0.29, 0.717) is 6.61 Å². The monoisotopic (exact) mass is 297 g/mol. The molecule has 1 aliphatic heterocycles. The molecule has 112 valence electrons. The molecule has 1 heterocycles. The molecule has 0 fully saturated rings. The van der Waals surface area contributed by atoms with Gasteiger partial charge in [0, 0.05) is 30.2 Å². The summed E-state index contributed by atoms with van der Waals surface area (Å²) in [6.45, 7) is 5.92. The van der Waals surface area contributed by atoms with Crippen molar-refractivity contribution in [1.29, 1.82) is 0 Å². The molecule has 1 aromatic carbocycles. The van der Waals surface area contributed by atoms with E-state index in [-0.39, 0.29) is 11.6 Å². The molecule has 0 aliphatic carbocycles. The first-order chi connectivity index (χ1) is 9.64. The number of halogens is 1. The van der Waals surface area contributed by atoms with Crippen LogP contribution in [-0.2, 0) is 4.74 Å². The first kappa shape index (κ1) is 15.6. The number of nitrogens with one attached hydrogen (secondary N) is 1. The Labute approximate surface area is 126 Å². The van der Waals surface area contributed by atoms with Crippen molar-refractivity contribution >= 4 is 11.6 Å². The first-order valence-electron chi connectivity index (χ1n) is 7.35. The van der Waals surface area contributed by atoms with Crippen molar-refractivity contribution in [2.75, 3.05) is 20.3 Å². The van der Waals surface area contributed by atoms with Crippen LogP contribution in [0.3, 0.4) is 0 Å². The van der Waals surface area contributed by atoms with Gasteiger partial charge in [-0.2, -0.15) is 0 Å². The molecule has 2 rings (SSSR count). The van der Waals surface area contributed by atoms with Crippen molar-refractivity contribution in [3.8, 4) is 5.75 Å². The highest BCUT2D eigenvalue weighted by Gasteiger charge is 2.39. The molecule has 2 atom stereocenters. The third-order valence-electron chi connectivity index (χ3n) is 3.94. The fourth-order valence-corrected chi connectivity index (χ4v) is 2.99. The van der Waals surface area contributed by atoms with E-state index in [2.05, 4.69) is 19.2 Å². The van der Waals surface area contributed by atoms with Gasteiger partial charge in [0.25, 0.3) is 0 Å². The summed E-state index contributed by atoms with van der Waals surface area (Å²) in [6.07, 6.45) is 2.94. The third kappa shape index (κ3) is 3.27. The van der Waals surface area contributed by atoms with Crippen LogP contribution >= 0.6 is 11.6 Å². The molecule has 1 aliphatic rings. The number of hydrogen-bond donors (Lipinski definition) is 1. The van der Waals surface area contributed by atoms with Gasteiger partial charge < -0.3 is 14.8 Å². The molecule has 3 nitrogen and oxygen atoms in total. The van der Waals surface area contributed by atoms with Crippen LogP contribution in [0.15, 0.2) is 18.2 Å². The number of hydrogen-bond acceptors (Lipinski definition) is 3. The van der Waals surface area contributed by atoms with Crippen molar-refractivity contribution < 1.29 is 9.47 Å². The highest BCUT2D eigenvalue weighted by molar-refractivity contribution is 6.30. The van der Waals surface area contributed by atoms with Gasteiger partial charge >= 0.3 is 0 Å². The lowest BCUT2D eigenvalue weighted by Gasteiger charge is -2.42. The van der Waals surface area contributed by atoms with E-state index in [1.165, 1.54) is 0 Å². The van der Waals surface area contributed by atoms with Crippen molar-refractivity contribution in [2.45, 2.75) is 44.8 Å². The molecule has 0 radical (unpaired) electrons. The zero-order valence-electron chi connectivity index (χ0n) is 12.5. The molecule has 1 aromatic rings. The van der Waals surface area contributed by atoms with E-state index in [0.717, 1.165) is 42.1 Å². The van der Waals surface area contributed by atoms with E-state index < -0.39 is 0 Å². The Morgan fingerprint density at radius 2 is 2.25 bits per heavy atom. The second-order valence-electron chi connectivity index (χ2n) is 5.46. The number of ether oxygens (including phenoxy) is 2. The molecule has 4 heteroatoms. The SMILES string of the molecule is CCCNC1CC(CC)(COC)Oc2ccc(Cl)cc21. The quantitative estimate of drug-likeness (QED) is 0.862. The highest BCUT2D eigenvalue weighted by Crippen LogP contribution is 2.42. The van der Waals surface area contributed by atoms with Gasteiger partial charge in [0.2, 0.25) is 0 Å². The van der Waals surface area contributed by atoms with E-state index >= 15 is 0 Å². The number of rotatable bonds is 6. The van der Waals surface area contributed by atoms with Gasteiger partial charge in [0.1, 0.15) is 11.4 Å². The Morgan fingerprint density at radius 1 is 1.45 bits per heavy atom. The molecule has 0 bridgehead atoms. The van der Waals surface area contributed by atoms with Crippen LogP contribution in [0.25, 0.3) is 0 Å². The summed E-state index contributed by atoms with van der Waals surface area (Å²) in [4.78, 5) is 0. The maximum Gasteiger partial charge on any atom is 0.134 e. The molecule has 1 N–H and O–H groups in total. The van der Waals surface area contributed by atoms with E-state index in [4.69, 9.17) is 21.1 Å². The summed E-state index contributed by atoms with van der Waals surface area (Å²) in [5.74, 6) is 0.924. The van der Waals surface area contributed by atoms with Crippen LogP contribution in [0, 0.1) is 0 Å². The van der Waals surface area contributed by atoms with Gasteiger partial charge in [0.15, 0.2) is 0 Å². The summed E-state index contributed by atoms with van der Waals surface area (Å²) < 4.78 is 11.6. The lowest BCUT2D eigenvalue weighted by molar-refractivity contribution is -0.0370. The first-order valence-corrected chi connectivity index (χ1v) is 7.72. The Morgan fingerprint density at radius 3 is 2.90 bits per heavy atom. The summed E-state index contributed by atoms with van der Waals surface area (Å²) in [5, 5.41) is 4.36. The fraction of sp³-hybridized carbons (Fsp3) is 0.625. The van der Waals surface area contributed by atoms with Crippen LogP contribution in [0.2, 0.25) is 5.02 Å². The third-order valence-corrected chi connectivity index (χ3v) is 4.18. The van der Waals surface area contributed by atoms with Crippen molar-refractivity contribution in [2.24, 2.45) is 0 Å². The topological polar surface area (TPSA) is 30.5 Å². The lowest BCUT2D eigenvalue weighted by Crippen LogP contribution is -2.47. The van der Waals surface area contributed by atoms with Crippen molar-refractivity contribution in [3.05, 3.63) is 28.8 Å². The van der Waals surface area contributed by atoms with Crippen molar-refractivity contribution in [3.63, 3.8) is 0 Å². The van der Waals surface area contributed by atoms with Crippen LogP contribution in [0.4, 0.5) is 0 Å². The molecule has 20 heavy (non-hydrogen) atoms. The molecule has 0 aromatic heterocycles. The molecular weight excluding hydrogens is 274 g/mol. The summed E-state index contributed by atoms with van der Waals surface area (Å²) in [7, 11) is 1.73. The number of fused-ring (bicyclic) bond motifs is 1. The van der Waals surface area contributed by atoms with E-state index in [1.54, 1.807) is 7.11 Å². The molecule has 0 saturated heterocycles. The predicted molar refractivity (Wildman–Crippen MR) is 82.6 cm³/mol. The number of methoxy groups -OCH3 is 1. The summed E-state index contributed by atoms with van der Waals surface area (Å²) in [5.41, 5.74) is 0.909. The maximum absolute atomic E-state index is 6.25. The van der Waals surface area contributed by atoms with Gasteiger partial charge in [-0.25, -0.2) is 0 Å². The normalized spacial score (nSPS) is 25.1. The average molecular weight is 298 g/mol. The van der Waals surface area contributed by atoms with Crippen LogP contribution in [0.1, 0.15) is 44.7 Å². The Kier molecular flexibility index (Phi) is 5.30. The summed E-state index contributed by atoms with van der Waals surface area (Å²) in [6, 6.07) is 6.14. The molecule has 0 saturated carbocycles. The molecule has 2 unspecified atom stereocenters. The van der Waals surface area contributed by atoms with Gasteiger partial charge in [-0.05, 0) is 37.6 Å². The maximum atomic E-state index is 6.25. The second kappa shape index (κ2) is 6.79. The fourth-order valence-electron chi connectivity index (χ4n) is 2.81. The van der Waals surface area contributed by atoms with Gasteiger partial charge in [-0.15, -0.1) is 0 Å². The van der Waals surface area contributed by atoms with E-state index in [1.807, 2.05) is 18.2 Å². The Bertz CT molecular complexity index is 452. The minimum absolute atomic E-state index is 0.249. The Hall–Kier alpha value is -0.770. The van der Waals surface area contributed by atoms with Crippen LogP contribution in [0.5, 0.6) is 5.75 Å². The van der Waals surface area contributed by atoms with Gasteiger partial charge in [0.05, 0.1) is 6.61 Å². The van der Waals surface area contributed by atoms with Crippen LogP contribution < -0.4 is 10.1 Å². The molecular formula is C16H24ClNO2. The minimum Gasteiger partial charge on any atom is -0.484 e. The predicted octanol–water partition coefficient (Wildman–Crippen LogP) is 3.96. The second-order valence-corrected chi connectivity index (χ2v) is 5.90. The molecule has 0 amide bonds. The van der Waals surface area contributed by atoms with Gasteiger partial charge in [-0.3, -0.25) is 0 Å². The number of benzene rings is 1. The zero-order chi connectivity index (χ0) is 14.6. The lowest BCUT2D eigenvalue weighted by atomic mass is 9.85. The zero-order valence-corrected chi connectivity index (χ0v) is 13.3. The molecule has 0 spiro atoms. The standard InChI is InChI=1S/C16H24ClNO2/c1-4-8-18-14-10-16(5-2,11-19-3)20-15-7-6-12(17)9-13(14)15/h6-7,9,14,18H,4-5,8,10-11H2,1-3H3. The van der Waals surface area contributed by atoms with Crippen LogP contribution in [-0.4, -0.2) is 25.9 Å². The summed E-state index contributed by atoms with van der Waals surface area (Å²) >= 11 is 6.13.